The van der Waals surface area contributed by atoms with Crippen LogP contribution in [0.4, 0.5) is 0 Å². The summed E-state index contributed by atoms with van der Waals surface area (Å²) in [5.74, 6) is 0.631. The van der Waals surface area contributed by atoms with E-state index in [1.807, 2.05) is 0 Å². The number of rotatable bonds is 10. The zero-order valence-electron chi connectivity index (χ0n) is 17.7. The van der Waals surface area contributed by atoms with Gasteiger partial charge in [-0.25, -0.2) is 13.6 Å². The number of hydrogen-bond acceptors (Lipinski definition) is 4. The van der Waals surface area contributed by atoms with Crippen molar-refractivity contribution in [2.75, 3.05) is 13.1 Å². The first-order valence-corrected chi connectivity index (χ1v) is 12.0. The minimum atomic E-state index is -3.70. The number of nitrogens with two attached hydrogens (primary N) is 1. The van der Waals surface area contributed by atoms with Crippen LogP contribution in [0.1, 0.15) is 36.5 Å². The van der Waals surface area contributed by atoms with Crippen LogP contribution in [0.15, 0.2) is 53.4 Å². The van der Waals surface area contributed by atoms with Crippen LogP contribution < -0.4 is 10.5 Å². The number of primary sulfonamides is 1. The van der Waals surface area contributed by atoms with Gasteiger partial charge in [0.1, 0.15) is 0 Å². The van der Waals surface area contributed by atoms with Gasteiger partial charge in [-0.2, -0.15) is 0 Å². The first-order chi connectivity index (χ1) is 14.3. The van der Waals surface area contributed by atoms with E-state index in [1.54, 1.807) is 12.1 Å². The largest absolute Gasteiger partial charge is 0.351 e. The highest BCUT2D eigenvalue weighted by atomic mass is 32.2. The molecule has 0 aliphatic heterocycles. The lowest BCUT2D eigenvalue weighted by molar-refractivity contribution is -0.123. The lowest BCUT2D eigenvalue weighted by Crippen LogP contribution is -2.44. The van der Waals surface area contributed by atoms with Gasteiger partial charge >= 0.3 is 0 Å². The molecule has 1 saturated carbocycles. The maximum atomic E-state index is 12.6. The average Bonchev–Trinajstić information content (AvgIpc) is 3.55. The first-order valence-electron chi connectivity index (χ1n) is 10.4. The summed E-state index contributed by atoms with van der Waals surface area (Å²) in [6, 6.07) is 15.3. The highest BCUT2D eigenvalue weighted by Gasteiger charge is 2.35. The van der Waals surface area contributed by atoms with E-state index in [4.69, 9.17) is 5.14 Å². The molecule has 7 heteroatoms. The molecule has 0 spiro atoms. The van der Waals surface area contributed by atoms with E-state index in [-0.39, 0.29) is 10.8 Å². The van der Waals surface area contributed by atoms with Crippen LogP contribution in [0, 0.1) is 12.8 Å². The zero-order valence-corrected chi connectivity index (χ0v) is 18.5. The molecule has 0 heterocycles. The van der Waals surface area contributed by atoms with Crippen molar-refractivity contribution in [3.8, 4) is 0 Å². The highest BCUT2D eigenvalue weighted by Crippen LogP contribution is 2.37. The van der Waals surface area contributed by atoms with Crippen molar-refractivity contribution in [1.29, 1.82) is 0 Å². The number of carbonyl (C=O) groups excluding carboxylic acids is 1. The van der Waals surface area contributed by atoms with Gasteiger partial charge in [-0.3, -0.25) is 9.69 Å². The number of carbonyl (C=O) groups is 1. The molecule has 30 heavy (non-hydrogen) atoms. The third kappa shape index (κ3) is 6.39. The molecular formula is C23H31N3O3S. The Morgan fingerprint density at radius 3 is 2.23 bits per heavy atom. The molecule has 0 aromatic heterocycles. The number of nitrogens with zero attached hydrogens (tertiary/aromatic N) is 1. The van der Waals surface area contributed by atoms with Crippen molar-refractivity contribution >= 4 is 15.9 Å². The number of amides is 1. The van der Waals surface area contributed by atoms with Crippen LogP contribution in [0.5, 0.6) is 0 Å². The van der Waals surface area contributed by atoms with E-state index in [1.165, 1.54) is 36.1 Å². The molecule has 1 aliphatic carbocycles. The van der Waals surface area contributed by atoms with Gasteiger partial charge in [0.2, 0.25) is 15.9 Å². The Balaban J connectivity index is 1.56. The van der Waals surface area contributed by atoms with Gasteiger partial charge in [0.15, 0.2) is 0 Å². The number of aryl methyl sites for hydroxylation is 1. The number of sulfonamides is 1. The maximum Gasteiger partial charge on any atom is 0.238 e. The van der Waals surface area contributed by atoms with Crippen LogP contribution in [-0.2, 0) is 27.8 Å². The van der Waals surface area contributed by atoms with Gasteiger partial charge in [0.25, 0.3) is 0 Å². The number of hydrogen-bond donors (Lipinski definition) is 2. The highest BCUT2D eigenvalue weighted by molar-refractivity contribution is 7.89. The number of benzene rings is 2. The normalized spacial score (nSPS) is 15.2. The second-order valence-corrected chi connectivity index (χ2v) is 9.68. The van der Waals surface area contributed by atoms with Crippen LogP contribution in [0.25, 0.3) is 0 Å². The van der Waals surface area contributed by atoms with E-state index in [2.05, 4.69) is 48.3 Å². The van der Waals surface area contributed by atoms with Gasteiger partial charge in [-0.15, -0.1) is 0 Å². The van der Waals surface area contributed by atoms with Gasteiger partial charge in [-0.05, 0) is 61.9 Å². The summed E-state index contributed by atoms with van der Waals surface area (Å²) in [5.41, 5.74) is 3.40. The molecule has 2 aromatic carbocycles. The fraction of sp³-hybridized carbons (Fsp3) is 0.435. The second kappa shape index (κ2) is 9.73. The summed E-state index contributed by atoms with van der Waals surface area (Å²) < 4.78 is 22.7. The van der Waals surface area contributed by atoms with Crippen LogP contribution in [-0.4, -0.2) is 38.4 Å². The van der Waals surface area contributed by atoms with Crippen molar-refractivity contribution in [2.45, 2.75) is 50.6 Å². The fourth-order valence-corrected chi connectivity index (χ4v) is 4.26. The summed E-state index contributed by atoms with van der Waals surface area (Å²) in [6.45, 7) is 5.73. The first kappa shape index (κ1) is 22.5. The van der Waals surface area contributed by atoms with Crippen LogP contribution in [0.3, 0.4) is 0 Å². The van der Waals surface area contributed by atoms with E-state index < -0.39 is 10.0 Å². The predicted octanol–water partition coefficient (Wildman–Crippen LogP) is 2.60. The summed E-state index contributed by atoms with van der Waals surface area (Å²) >= 11 is 0. The molecule has 6 nitrogen and oxygen atoms in total. The van der Waals surface area contributed by atoms with Crippen molar-refractivity contribution in [1.82, 2.24) is 10.2 Å². The van der Waals surface area contributed by atoms with Crippen molar-refractivity contribution in [2.24, 2.45) is 11.1 Å². The van der Waals surface area contributed by atoms with Crippen molar-refractivity contribution in [3.05, 3.63) is 65.2 Å². The van der Waals surface area contributed by atoms with Gasteiger partial charge in [0.05, 0.1) is 11.4 Å². The van der Waals surface area contributed by atoms with Gasteiger partial charge < -0.3 is 5.32 Å². The fourth-order valence-electron chi connectivity index (χ4n) is 3.74. The Morgan fingerprint density at radius 2 is 1.70 bits per heavy atom. The second-order valence-electron chi connectivity index (χ2n) is 8.12. The molecular weight excluding hydrogens is 398 g/mol. The predicted molar refractivity (Wildman–Crippen MR) is 118 cm³/mol. The Kier molecular flexibility index (Phi) is 7.28. The maximum absolute atomic E-state index is 12.6. The molecule has 3 rings (SSSR count). The summed E-state index contributed by atoms with van der Waals surface area (Å²) in [4.78, 5) is 14.9. The molecule has 1 fully saturated rings. The summed E-state index contributed by atoms with van der Waals surface area (Å²) in [5, 5.41) is 8.06. The van der Waals surface area contributed by atoms with E-state index in [9.17, 15) is 13.2 Å². The molecule has 2 aromatic rings. The number of nitrogens with one attached hydrogen (secondary N) is 1. The Labute approximate surface area is 179 Å². The number of likely N-dealkylation sites (N-methyl/N-ethyl adjacent to an activating group) is 1. The topological polar surface area (TPSA) is 92.5 Å². The molecule has 0 unspecified atom stereocenters. The SMILES string of the molecule is CCN(CC(=O)NCc1ccc(S(N)(=O)=O)cc1)[C@H](Cc1ccc(C)cc1)C1CC1. The Hall–Kier alpha value is -2.22. The van der Waals surface area contributed by atoms with Crippen molar-refractivity contribution in [3.63, 3.8) is 0 Å². The lowest BCUT2D eigenvalue weighted by Gasteiger charge is -2.30. The molecule has 1 amide bonds. The van der Waals surface area contributed by atoms with Crippen LogP contribution in [0.2, 0.25) is 0 Å². The van der Waals surface area contributed by atoms with E-state index in [0.29, 0.717) is 25.0 Å². The lowest BCUT2D eigenvalue weighted by atomic mass is 9.99. The van der Waals surface area contributed by atoms with Crippen LogP contribution >= 0.6 is 0 Å². The monoisotopic (exact) mass is 429 g/mol. The molecule has 0 saturated heterocycles. The molecule has 0 radical (unpaired) electrons. The minimum absolute atomic E-state index is 0.0260. The quantitative estimate of drug-likeness (QED) is 0.607. The summed E-state index contributed by atoms with van der Waals surface area (Å²) in [6.07, 6.45) is 3.41. The Bertz CT molecular complexity index is 952. The van der Waals surface area contributed by atoms with Gasteiger partial charge in [0, 0.05) is 12.6 Å². The van der Waals surface area contributed by atoms with E-state index >= 15 is 0 Å². The summed E-state index contributed by atoms with van der Waals surface area (Å²) in [7, 11) is -3.70. The molecule has 1 atom stereocenters. The standard InChI is InChI=1S/C23H31N3O3S/c1-3-26(22(20-10-11-20)14-18-6-4-17(2)5-7-18)16-23(27)25-15-19-8-12-21(13-9-19)30(24,28)29/h4-9,12-13,20,22H,3,10-11,14-16H2,1-2H3,(H,25,27)(H2,24,28,29)/t22-/m1/s1. The van der Waals surface area contributed by atoms with Gasteiger partial charge in [-0.1, -0.05) is 48.9 Å². The molecule has 0 bridgehead atoms. The third-order valence-corrected chi connectivity index (χ3v) is 6.62. The minimum Gasteiger partial charge on any atom is -0.351 e. The molecule has 3 N–H and O–H groups in total. The third-order valence-electron chi connectivity index (χ3n) is 5.70. The van der Waals surface area contributed by atoms with Crippen molar-refractivity contribution < 1.29 is 13.2 Å². The zero-order chi connectivity index (χ0) is 21.7. The van der Waals surface area contributed by atoms with E-state index in [0.717, 1.165) is 18.5 Å². The average molecular weight is 430 g/mol. The molecule has 1 aliphatic rings. The molecule has 162 valence electrons. The Morgan fingerprint density at radius 1 is 1.10 bits per heavy atom. The smallest absolute Gasteiger partial charge is 0.238 e.